The molecule has 2 heterocycles. The van der Waals surface area contributed by atoms with Crippen LogP contribution in [-0.2, 0) is 23.4 Å². The molecular formula is C22H25N3O4S2. The number of aryl methyl sites for hydroxylation is 2. The summed E-state index contributed by atoms with van der Waals surface area (Å²) in [6.07, 6.45) is 3.57. The minimum atomic E-state index is -0.0335. The molecule has 0 aliphatic heterocycles. The molecule has 0 saturated carbocycles. The maximum Gasteiger partial charge on any atom is 0.259 e. The Labute approximate surface area is 188 Å². The van der Waals surface area contributed by atoms with Gasteiger partial charge in [-0.15, -0.1) is 11.3 Å². The van der Waals surface area contributed by atoms with Gasteiger partial charge in [-0.2, -0.15) is 11.8 Å². The van der Waals surface area contributed by atoms with Crippen molar-refractivity contribution in [3.05, 3.63) is 50.9 Å². The predicted molar refractivity (Wildman–Crippen MR) is 125 cm³/mol. The average molecular weight is 460 g/mol. The number of aromatic nitrogens is 2. The molecular weight excluding hydrogens is 434 g/mol. The van der Waals surface area contributed by atoms with E-state index in [1.165, 1.54) is 10.4 Å². The molecule has 2 N–H and O–H groups in total. The predicted octanol–water partition coefficient (Wildman–Crippen LogP) is 3.30. The third-order valence-corrected chi connectivity index (χ3v) is 7.23. The molecule has 31 heavy (non-hydrogen) atoms. The number of hydrogen-bond acceptors (Lipinski definition) is 7. The molecule has 0 unspecified atom stereocenters. The fraction of sp³-hybridized carbons (Fsp3) is 0.409. The Bertz CT molecular complexity index is 1130. The average Bonchev–Trinajstić information content (AvgIpc) is 3.35. The van der Waals surface area contributed by atoms with Gasteiger partial charge in [-0.3, -0.25) is 9.59 Å². The van der Waals surface area contributed by atoms with Gasteiger partial charge in [-0.25, -0.2) is 4.98 Å². The van der Waals surface area contributed by atoms with Crippen LogP contribution in [0.5, 0.6) is 11.5 Å². The second-order valence-corrected chi connectivity index (χ2v) is 9.42. The van der Waals surface area contributed by atoms with Gasteiger partial charge in [0.1, 0.15) is 28.8 Å². The van der Waals surface area contributed by atoms with Gasteiger partial charge >= 0.3 is 0 Å². The summed E-state index contributed by atoms with van der Waals surface area (Å²) in [6.45, 7) is 0.831. The molecule has 1 aliphatic rings. The SMILES string of the molecule is COc1cccc(OCCNC(=O)CCSCc2nc3sc4c(c3c(=O)[nH]2)CCC4)c1. The minimum absolute atomic E-state index is 0.0201. The Morgan fingerprint density at radius 1 is 1.32 bits per heavy atom. The first-order valence-electron chi connectivity index (χ1n) is 10.3. The van der Waals surface area contributed by atoms with Gasteiger partial charge in [-0.05, 0) is 37.0 Å². The van der Waals surface area contributed by atoms with Crippen LogP contribution in [-0.4, -0.2) is 41.9 Å². The van der Waals surface area contributed by atoms with E-state index in [-0.39, 0.29) is 11.5 Å². The van der Waals surface area contributed by atoms with Crippen molar-refractivity contribution < 1.29 is 14.3 Å². The van der Waals surface area contributed by atoms with Crippen LogP contribution in [0.25, 0.3) is 10.2 Å². The smallest absolute Gasteiger partial charge is 0.259 e. The highest BCUT2D eigenvalue weighted by Gasteiger charge is 2.21. The molecule has 164 valence electrons. The first-order valence-corrected chi connectivity index (χ1v) is 12.3. The molecule has 0 atom stereocenters. The lowest BCUT2D eigenvalue weighted by Gasteiger charge is -2.09. The molecule has 7 nitrogen and oxygen atoms in total. The van der Waals surface area contributed by atoms with Crippen LogP contribution in [0.15, 0.2) is 29.1 Å². The molecule has 0 spiro atoms. The summed E-state index contributed by atoms with van der Waals surface area (Å²) in [5.74, 6) is 3.34. The minimum Gasteiger partial charge on any atom is -0.497 e. The second-order valence-electron chi connectivity index (χ2n) is 7.23. The van der Waals surface area contributed by atoms with Crippen LogP contribution in [0.3, 0.4) is 0 Å². The molecule has 0 radical (unpaired) electrons. The number of carbonyl (C=O) groups excluding carboxylic acids is 1. The Kier molecular flexibility index (Phi) is 7.14. The van der Waals surface area contributed by atoms with Crippen LogP contribution in [0.2, 0.25) is 0 Å². The van der Waals surface area contributed by atoms with Gasteiger partial charge in [0, 0.05) is 23.1 Å². The van der Waals surface area contributed by atoms with Crippen molar-refractivity contribution in [1.82, 2.24) is 15.3 Å². The number of aromatic amines is 1. The number of thioether (sulfide) groups is 1. The van der Waals surface area contributed by atoms with Gasteiger partial charge < -0.3 is 19.8 Å². The number of hydrogen-bond donors (Lipinski definition) is 2. The number of fused-ring (bicyclic) bond motifs is 3. The van der Waals surface area contributed by atoms with Gasteiger partial charge in [0.05, 0.1) is 24.8 Å². The summed E-state index contributed by atoms with van der Waals surface area (Å²) in [6, 6.07) is 7.36. The van der Waals surface area contributed by atoms with E-state index < -0.39 is 0 Å². The van der Waals surface area contributed by atoms with E-state index in [1.807, 2.05) is 18.2 Å². The highest BCUT2D eigenvalue weighted by atomic mass is 32.2. The maximum absolute atomic E-state index is 12.5. The summed E-state index contributed by atoms with van der Waals surface area (Å²) < 4.78 is 10.8. The molecule has 2 aromatic heterocycles. The van der Waals surface area contributed by atoms with Crippen molar-refractivity contribution in [3.8, 4) is 11.5 Å². The number of nitrogens with one attached hydrogen (secondary N) is 2. The van der Waals surface area contributed by atoms with E-state index >= 15 is 0 Å². The first kappa shape index (κ1) is 21.7. The number of ether oxygens (including phenoxy) is 2. The first-order chi connectivity index (χ1) is 15.1. The molecule has 9 heteroatoms. The zero-order valence-electron chi connectivity index (χ0n) is 17.4. The van der Waals surface area contributed by atoms with E-state index in [1.54, 1.807) is 36.3 Å². The van der Waals surface area contributed by atoms with Crippen LogP contribution in [0.1, 0.15) is 29.1 Å². The molecule has 0 bridgehead atoms. The Hall–Kier alpha value is -2.52. The van der Waals surface area contributed by atoms with Crippen LogP contribution in [0.4, 0.5) is 0 Å². The van der Waals surface area contributed by atoms with E-state index in [0.29, 0.717) is 42.7 Å². The van der Waals surface area contributed by atoms with Crippen LogP contribution >= 0.6 is 23.1 Å². The number of thiophene rings is 1. The van der Waals surface area contributed by atoms with E-state index in [0.717, 1.165) is 35.2 Å². The molecule has 1 aliphatic carbocycles. The maximum atomic E-state index is 12.5. The van der Waals surface area contributed by atoms with Crippen molar-refractivity contribution in [2.75, 3.05) is 26.0 Å². The van der Waals surface area contributed by atoms with Crippen molar-refractivity contribution in [2.45, 2.75) is 31.4 Å². The number of rotatable bonds is 10. The van der Waals surface area contributed by atoms with Crippen molar-refractivity contribution in [3.63, 3.8) is 0 Å². The fourth-order valence-corrected chi connectivity index (χ4v) is 5.67. The summed E-state index contributed by atoms with van der Waals surface area (Å²) in [5.41, 5.74) is 1.16. The topological polar surface area (TPSA) is 93.3 Å². The van der Waals surface area contributed by atoms with Gasteiger partial charge in [0.15, 0.2) is 0 Å². The van der Waals surface area contributed by atoms with E-state index in [4.69, 9.17) is 9.47 Å². The Morgan fingerprint density at radius 2 is 2.19 bits per heavy atom. The summed E-state index contributed by atoms with van der Waals surface area (Å²) in [5, 5.41) is 3.63. The standard InChI is InChI=1S/C22H25N3O4S2/c1-28-14-4-2-5-15(12-14)29-10-9-23-19(26)8-11-30-13-18-24-21(27)20-16-6-3-7-17(16)31-22(20)25-18/h2,4-5,12H,3,6-11,13H2,1H3,(H,23,26)(H,24,25,27). The highest BCUT2D eigenvalue weighted by Crippen LogP contribution is 2.34. The number of H-pyrrole nitrogens is 1. The highest BCUT2D eigenvalue weighted by molar-refractivity contribution is 7.98. The molecule has 3 aromatic rings. The number of benzene rings is 1. The lowest BCUT2D eigenvalue weighted by atomic mass is 10.2. The summed E-state index contributed by atoms with van der Waals surface area (Å²) in [7, 11) is 1.61. The number of carbonyl (C=O) groups is 1. The van der Waals surface area contributed by atoms with Gasteiger partial charge in [0.25, 0.3) is 5.56 Å². The number of methoxy groups -OCH3 is 1. The third-order valence-electron chi connectivity index (χ3n) is 5.07. The zero-order chi connectivity index (χ0) is 21.6. The van der Waals surface area contributed by atoms with Crippen LogP contribution < -0.4 is 20.3 Å². The van der Waals surface area contributed by atoms with Gasteiger partial charge in [-0.1, -0.05) is 6.07 Å². The van der Waals surface area contributed by atoms with Crippen molar-refractivity contribution >= 4 is 39.2 Å². The lowest BCUT2D eigenvalue weighted by Crippen LogP contribution is -2.28. The largest absolute Gasteiger partial charge is 0.497 e. The summed E-state index contributed by atoms with van der Waals surface area (Å²) in [4.78, 5) is 34.2. The summed E-state index contributed by atoms with van der Waals surface area (Å²) >= 11 is 3.24. The monoisotopic (exact) mass is 459 g/mol. The molecule has 0 fully saturated rings. The number of nitrogens with zero attached hydrogens (tertiary/aromatic N) is 1. The van der Waals surface area contributed by atoms with Crippen molar-refractivity contribution in [1.29, 1.82) is 0 Å². The normalized spacial score (nSPS) is 12.7. The Balaban J connectivity index is 1.16. The lowest BCUT2D eigenvalue weighted by molar-refractivity contribution is -0.120. The van der Waals surface area contributed by atoms with Gasteiger partial charge in [0.2, 0.25) is 5.91 Å². The quantitative estimate of drug-likeness (QED) is 0.452. The molecule has 1 amide bonds. The number of amides is 1. The zero-order valence-corrected chi connectivity index (χ0v) is 19.0. The van der Waals surface area contributed by atoms with Crippen molar-refractivity contribution in [2.24, 2.45) is 0 Å². The van der Waals surface area contributed by atoms with Crippen LogP contribution in [0, 0.1) is 0 Å². The third kappa shape index (κ3) is 5.40. The molecule has 1 aromatic carbocycles. The second kappa shape index (κ2) is 10.2. The molecule has 0 saturated heterocycles. The fourth-order valence-electron chi connectivity index (χ4n) is 3.59. The molecule has 4 rings (SSSR count). The van der Waals surface area contributed by atoms with E-state index in [9.17, 15) is 9.59 Å². The Morgan fingerprint density at radius 3 is 3.06 bits per heavy atom. The van der Waals surface area contributed by atoms with E-state index in [2.05, 4.69) is 15.3 Å².